The first-order valence-electron chi connectivity index (χ1n) is 6.55. The molecule has 0 bridgehead atoms. The molecule has 108 valence electrons. The minimum absolute atomic E-state index is 0.275. The predicted octanol–water partition coefficient (Wildman–Crippen LogP) is 1.89. The Morgan fingerprint density at radius 2 is 1.84 bits per heavy atom. The highest BCUT2D eigenvalue weighted by Crippen LogP contribution is 2.16. The zero-order chi connectivity index (χ0) is 14.5. The van der Waals surface area contributed by atoms with E-state index in [1.807, 2.05) is 0 Å². The Hall–Kier alpha value is -0.910. The highest BCUT2D eigenvalue weighted by atomic mass is 32.2. The van der Waals surface area contributed by atoms with Gasteiger partial charge in [0.15, 0.2) is 0 Å². The molecule has 0 aromatic heterocycles. The van der Waals surface area contributed by atoms with Gasteiger partial charge in [-0.1, -0.05) is 18.2 Å². The molecule has 0 fully saturated rings. The van der Waals surface area contributed by atoms with E-state index in [1.54, 1.807) is 0 Å². The van der Waals surface area contributed by atoms with Crippen LogP contribution in [0.4, 0.5) is 0 Å². The van der Waals surface area contributed by atoms with Crippen molar-refractivity contribution in [1.29, 1.82) is 0 Å². The molecule has 0 radical (unpaired) electrons. The van der Waals surface area contributed by atoms with Gasteiger partial charge in [-0.15, -0.1) is 0 Å². The molecule has 1 atom stereocenters. The zero-order valence-corrected chi connectivity index (χ0v) is 13.0. The van der Waals surface area contributed by atoms with Gasteiger partial charge in [-0.3, -0.25) is 0 Å². The van der Waals surface area contributed by atoms with Crippen molar-refractivity contribution < 1.29 is 8.42 Å². The second-order valence-corrected chi connectivity index (χ2v) is 6.87. The van der Waals surface area contributed by atoms with Crippen molar-refractivity contribution in [2.24, 2.45) is 0 Å². The lowest BCUT2D eigenvalue weighted by molar-refractivity contribution is 0.548. The van der Waals surface area contributed by atoms with E-state index in [0.717, 1.165) is 13.0 Å². The summed E-state index contributed by atoms with van der Waals surface area (Å²) in [6, 6.07) is 6.74. The molecule has 0 aliphatic rings. The first-order valence-corrected chi connectivity index (χ1v) is 8.44. The van der Waals surface area contributed by atoms with Crippen LogP contribution in [0.1, 0.15) is 36.1 Å². The van der Waals surface area contributed by atoms with E-state index in [9.17, 15) is 8.42 Å². The zero-order valence-electron chi connectivity index (χ0n) is 12.2. The monoisotopic (exact) mass is 284 g/mol. The van der Waals surface area contributed by atoms with Crippen LogP contribution in [0.25, 0.3) is 0 Å². The van der Waals surface area contributed by atoms with Gasteiger partial charge in [-0.05, 0) is 50.4 Å². The lowest BCUT2D eigenvalue weighted by atomic mass is 10.0. The van der Waals surface area contributed by atoms with Gasteiger partial charge in [0.2, 0.25) is 10.0 Å². The maximum absolute atomic E-state index is 10.9. The van der Waals surface area contributed by atoms with E-state index in [-0.39, 0.29) is 6.04 Å². The van der Waals surface area contributed by atoms with Crippen molar-refractivity contribution >= 4 is 10.0 Å². The summed E-state index contributed by atoms with van der Waals surface area (Å²) >= 11 is 0. The van der Waals surface area contributed by atoms with Crippen LogP contribution >= 0.6 is 0 Å². The quantitative estimate of drug-likeness (QED) is 0.752. The number of hydrogen-bond acceptors (Lipinski definition) is 3. The van der Waals surface area contributed by atoms with E-state index in [0.29, 0.717) is 6.54 Å². The van der Waals surface area contributed by atoms with E-state index in [1.165, 1.54) is 22.9 Å². The average Bonchev–Trinajstić information content (AvgIpc) is 2.30. The van der Waals surface area contributed by atoms with Crippen LogP contribution in [0.15, 0.2) is 18.2 Å². The van der Waals surface area contributed by atoms with Gasteiger partial charge in [-0.25, -0.2) is 13.1 Å². The number of aryl methyl sites for hydroxylation is 2. The fourth-order valence-corrected chi connectivity index (χ4v) is 2.33. The standard InChI is InChI=1S/C14H24N2O2S/c1-11-6-7-14(10-12(11)2)13(3)15-8-5-9-16-19(4,17)18/h6-7,10,13,15-16H,5,8-9H2,1-4H3. The molecule has 2 N–H and O–H groups in total. The van der Waals surface area contributed by atoms with Crippen LogP contribution in [0.2, 0.25) is 0 Å². The largest absolute Gasteiger partial charge is 0.310 e. The van der Waals surface area contributed by atoms with Gasteiger partial charge in [0.25, 0.3) is 0 Å². The first kappa shape index (κ1) is 16.1. The Kier molecular flexibility index (Phi) is 5.97. The van der Waals surface area contributed by atoms with Crippen molar-refractivity contribution in [3.05, 3.63) is 34.9 Å². The molecule has 0 heterocycles. The molecule has 0 saturated heterocycles. The molecular weight excluding hydrogens is 260 g/mol. The van der Waals surface area contributed by atoms with Gasteiger partial charge in [0.1, 0.15) is 0 Å². The molecule has 1 unspecified atom stereocenters. The normalized spacial score (nSPS) is 13.5. The summed E-state index contributed by atoms with van der Waals surface area (Å²) in [5, 5.41) is 3.40. The summed E-state index contributed by atoms with van der Waals surface area (Å²) in [6.07, 6.45) is 1.96. The van der Waals surface area contributed by atoms with Gasteiger partial charge in [-0.2, -0.15) is 0 Å². The summed E-state index contributed by atoms with van der Waals surface area (Å²) in [6.45, 7) is 7.60. The van der Waals surface area contributed by atoms with Crippen molar-refractivity contribution in [3.63, 3.8) is 0 Å². The van der Waals surface area contributed by atoms with Gasteiger partial charge >= 0.3 is 0 Å². The summed E-state index contributed by atoms with van der Waals surface area (Å²) in [7, 11) is -3.07. The highest BCUT2D eigenvalue weighted by molar-refractivity contribution is 7.88. The Bertz CT molecular complexity index is 512. The maximum atomic E-state index is 10.9. The number of nitrogens with one attached hydrogen (secondary N) is 2. The fourth-order valence-electron chi connectivity index (χ4n) is 1.82. The van der Waals surface area contributed by atoms with Gasteiger partial charge in [0, 0.05) is 12.6 Å². The molecule has 1 aromatic rings. The second kappa shape index (κ2) is 7.03. The first-order chi connectivity index (χ1) is 8.79. The summed E-state index contributed by atoms with van der Waals surface area (Å²) in [5.74, 6) is 0. The average molecular weight is 284 g/mol. The topological polar surface area (TPSA) is 58.2 Å². The molecule has 0 aliphatic carbocycles. The molecule has 1 aromatic carbocycles. The second-order valence-electron chi connectivity index (χ2n) is 5.04. The fraction of sp³-hybridized carbons (Fsp3) is 0.571. The van der Waals surface area contributed by atoms with Crippen LogP contribution < -0.4 is 10.0 Å². The third-order valence-corrected chi connectivity index (χ3v) is 3.93. The van der Waals surface area contributed by atoms with Crippen molar-refractivity contribution in [1.82, 2.24) is 10.0 Å². The Labute approximate surface area is 116 Å². The number of sulfonamides is 1. The van der Waals surface area contributed by atoms with E-state index in [2.05, 4.69) is 49.0 Å². The van der Waals surface area contributed by atoms with Crippen molar-refractivity contribution in [2.45, 2.75) is 33.2 Å². The smallest absolute Gasteiger partial charge is 0.208 e. The summed E-state index contributed by atoms with van der Waals surface area (Å²) in [5.41, 5.74) is 3.86. The van der Waals surface area contributed by atoms with Crippen molar-refractivity contribution in [2.75, 3.05) is 19.3 Å². The molecule has 5 heteroatoms. The van der Waals surface area contributed by atoms with Crippen LogP contribution in [-0.2, 0) is 10.0 Å². The Morgan fingerprint density at radius 3 is 2.42 bits per heavy atom. The highest BCUT2D eigenvalue weighted by Gasteiger charge is 2.05. The lowest BCUT2D eigenvalue weighted by Gasteiger charge is -2.15. The van der Waals surface area contributed by atoms with Crippen LogP contribution in [0.5, 0.6) is 0 Å². The molecule has 1 rings (SSSR count). The third-order valence-electron chi connectivity index (χ3n) is 3.20. The van der Waals surface area contributed by atoms with Crippen LogP contribution in [-0.4, -0.2) is 27.8 Å². The molecule has 19 heavy (non-hydrogen) atoms. The van der Waals surface area contributed by atoms with Gasteiger partial charge < -0.3 is 5.32 Å². The molecular formula is C14H24N2O2S. The Balaban J connectivity index is 2.35. The number of hydrogen-bond donors (Lipinski definition) is 2. The minimum atomic E-state index is -3.07. The van der Waals surface area contributed by atoms with Gasteiger partial charge in [0.05, 0.1) is 6.26 Å². The molecule has 0 spiro atoms. The molecule has 0 amide bonds. The maximum Gasteiger partial charge on any atom is 0.208 e. The summed E-state index contributed by atoms with van der Waals surface area (Å²) < 4.78 is 24.3. The number of rotatable bonds is 7. The number of benzene rings is 1. The van der Waals surface area contributed by atoms with Crippen LogP contribution in [0.3, 0.4) is 0 Å². The van der Waals surface area contributed by atoms with E-state index >= 15 is 0 Å². The minimum Gasteiger partial charge on any atom is -0.310 e. The van der Waals surface area contributed by atoms with E-state index < -0.39 is 10.0 Å². The molecule has 0 saturated carbocycles. The SMILES string of the molecule is Cc1ccc(C(C)NCCCNS(C)(=O)=O)cc1C. The lowest BCUT2D eigenvalue weighted by Crippen LogP contribution is -2.27. The Morgan fingerprint density at radius 1 is 1.16 bits per heavy atom. The van der Waals surface area contributed by atoms with E-state index in [4.69, 9.17) is 0 Å². The summed E-state index contributed by atoms with van der Waals surface area (Å²) in [4.78, 5) is 0. The molecule has 0 aliphatic heterocycles. The van der Waals surface area contributed by atoms with Crippen LogP contribution in [0, 0.1) is 13.8 Å². The third kappa shape index (κ3) is 6.18. The van der Waals surface area contributed by atoms with Crippen molar-refractivity contribution in [3.8, 4) is 0 Å². The predicted molar refractivity (Wildman–Crippen MR) is 79.8 cm³/mol. The molecule has 4 nitrogen and oxygen atoms in total.